The van der Waals surface area contributed by atoms with Crippen molar-refractivity contribution >= 4 is 57.7 Å². The maximum atomic E-state index is 13.7. The number of thiazole rings is 1. The smallest absolute Gasteiger partial charge is 0.272 e. The number of methoxy groups -OCH3 is 3. The van der Waals surface area contributed by atoms with E-state index in [9.17, 15) is 14.4 Å². The number of aromatic nitrogens is 1. The number of nitrogens with zero attached hydrogens (tertiary/aromatic N) is 1. The maximum Gasteiger partial charge on any atom is 0.272 e. The van der Waals surface area contributed by atoms with Crippen LogP contribution in [0.3, 0.4) is 0 Å². The molecule has 4 aromatic carbocycles. The molecule has 0 aliphatic rings. The van der Waals surface area contributed by atoms with E-state index < -0.39 is 17.1 Å². The van der Waals surface area contributed by atoms with Gasteiger partial charge in [-0.05, 0) is 61.0 Å². The highest BCUT2D eigenvalue weighted by Gasteiger charge is 2.20. The van der Waals surface area contributed by atoms with Gasteiger partial charge in [-0.2, -0.15) is 0 Å². The van der Waals surface area contributed by atoms with E-state index in [2.05, 4.69) is 20.9 Å². The van der Waals surface area contributed by atoms with E-state index in [-0.39, 0.29) is 11.6 Å². The molecule has 0 saturated carbocycles. The summed E-state index contributed by atoms with van der Waals surface area (Å²) in [6, 6.07) is 28.8. The molecule has 1 unspecified atom stereocenters. The van der Waals surface area contributed by atoms with Crippen molar-refractivity contribution in [2.45, 2.75) is 17.1 Å². The quantitative estimate of drug-likeness (QED) is 0.0862. The number of carbonyl (C=O) groups is 3. The zero-order valence-electron chi connectivity index (χ0n) is 27.2. The van der Waals surface area contributed by atoms with Crippen LogP contribution in [0.1, 0.15) is 22.8 Å². The molecule has 0 spiro atoms. The molecule has 1 aromatic heterocycles. The normalized spacial score (nSPS) is 11.6. The number of rotatable bonds is 13. The number of hydrogen-bond acceptors (Lipinski definition) is 9. The molecule has 49 heavy (non-hydrogen) atoms. The Morgan fingerprint density at radius 3 is 2.14 bits per heavy atom. The molecule has 12 heteroatoms. The van der Waals surface area contributed by atoms with Crippen LogP contribution in [-0.2, 0) is 9.59 Å². The van der Waals surface area contributed by atoms with Gasteiger partial charge < -0.3 is 30.2 Å². The van der Waals surface area contributed by atoms with Crippen LogP contribution < -0.4 is 30.2 Å². The Balaban J connectivity index is 1.32. The fraction of sp³-hybridized carbons (Fsp3) is 0.135. The SMILES string of the molecule is COc1cc(/C=C(/NC(=O)c2ccccc2)C(=O)Nc2cccc(SC(C)C(=O)Nc3nc(-c4ccccc4)cs3)c2)cc(OC)c1OC. The van der Waals surface area contributed by atoms with Crippen molar-refractivity contribution in [3.8, 4) is 28.5 Å². The van der Waals surface area contributed by atoms with Gasteiger partial charge >= 0.3 is 0 Å². The van der Waals surface area contributed by atoms with Gasteiger partial charge in [-0.3, -0.25) is 14.4 Å². The average Bonchev–Trinajstić information content (AvgIpc) is 3.60. The summed E-state index contributed by atoms with van der Waals surface area (Å²) >= 11 is 2.70. The predicted molar refractivity (Wildman–Crippen MR) is 195 cm³/mol. The molecular weight excluding hydrogens is 661 g/mol. The van der Waals surface area contributed by atoms with Gasteiger partial charge in [0.15, 0.2) is 16.6 Å². The van der Waals surface area contributed by atoms with Gasteiger partial charge in [0.05, 0.1) is 32.3 Å². The van der Waals surface area contributed by atoms with Crippen LogP contribution in [0.25, 0.3) is 17.3 Å². The lowest BCUT2D eigenvalue weighted by Gasteiger charge is -2.15. The standard InChI is InChI=1S/C37H34N4O6S2/c1-23(34(42)41-37-40-30(22-48-37)25-12-7-5-8-13-25)49-28-17-11-16-27(21-28)38-36(44)29(39-35(43)26-14-9-6-10-15-26)18-24-19-31(45-2)33(47-4)32(20-24)46-3/h5-23H,1-4H3,(H,38,44)(H,39,43)(H,40,41,42)/b29-18+. The molecule has 250 valence electrons. The lowest BCUT2D eigenvalue weighted by molar-refractivity contribution is -0.115. The predicted octanol–water partition coefficient (Wildman–Crippen LogP) is 7.36. The summed E-state index contributed by atoms with van der Waals surface area (Å²) in [7, 11) is 4.48. The van der Waals surface area contributed by atoms with E-state index in [0.29, 0.717) is 39.2 Å². The number of ether oxygens (including phenoxy) is 3. The zero-order valence-corrected chi connectivity index (χ0v) is 28.8. The number of thioether (sulfide) groups is 1. The second-order valence-electron chi connectivity index (χ2n) is 10.5. The van der Waals surface area contributed by atoms with E-state index in [1.54, 1.807) is 67.6 Å². The molecule has 0 bridgehead atoms. The van der Waals surface area contributed by atoms with E-state index in [1.807, 2.05) is 41.8 Å². The van der Waals surface area contributed by atoms with E-state index >= 15 is 0 Å². The van der Waals surface area contributed by atoms with Crippen LogP contribution >= 0.6 is 23.1 Å². The van der Waals surface area contributed by atoms with Crippen LogP contribution in [0.4, 0.5) is 10.8 Å². The van der Waals surface area contributed by atoms with Crippen LogP contribution in [0.2, 0.25) is 0 Å². The van der Waals surface area contributed by atoms with Gasteiger partial charge in [0.2, 0.25) is 11.7 Å². The molecule has 0 radical (unpaired) electrons. The van der Waals surface area contributed by atoms with Gasteiger partial charge in [-0.15, -0.1) is 23.1 Å². The first-order chi connectivity index (χ1) is 23.8. The Morgan fingerprint density at radius 1 is 0.816 bits per heavy atom. The molecular formula is C37H34N4O6S2. The average molecular weight is 695 g/mol. The minimum absolute atomic E-state index is 0.0211. The zero-order chi connectivity index (χ0) is 34.8. The van der Waals surface area contributed by atoms with Gasteiger partial charge in [0, 0.05) is 27.1 Å². The van der Waals surface area contributed by atoms with Crippen LogP contribution in [0, 0.1) is 0 Å². The van der Waals surface area contributed by atoms with Crippen molar-refractivity contribution in [2.75, 3.05) is 32.0 Å². The van der Waals surface area contributed by atoms with Crippen molar-refractivity contribution in [3.05, 3.63) is 119 Å². The summed E-state index contributed by atoms with van der Waals surface area (Å²) in [6.07, 6.45) is 1.52. The summed E-state index contributed by atoms with van der Waals surface area (Å²) in [5.74, 6) is -0.0678. The molecule has 5 aromatic rings. The third kappa shape index (κ3) is 9.06. The number of amides is 3. The molecule has 0 aliphatic heterocycles. The van der Waals surface area contributed by atoms with Crippen LogP contribution in [0.15, 0.2) is 113 Å². The molecule has 10 nitrogen and oxygen atoms in total. The number of hydrogen-bond donors (Lipinski definition) is 3. The Morgan fingerprint density at radius 2 is 1.49 bits per heavy atom. The van der Waals surface area contributed by atoms with E-state index in [1.165, 1.54) is 50.5 Å². The molecule has 1 atom stereocenters. The van der Waals surface area contributed by atoms with Gasteiger partial charge in [0.1, 0.15) is 5.70 Å². The molecule has 5 rings (SSSR count). The first kappa shape index (κ1) is 34.7. The van der Waals surface area contributed by atoms with Crippen LogP contribution in [0.5, 0.6) is 17.2 Å². The monoisotopic (exact) mass is 694 g/mol. The fourth-order valence-electron chi connectivity index (χ4n) is 4.68. The minimum atomic E-state index is -0.566. The van der Waals surface area contributed by atoms with Crippen molar-refractivity contribution in [3.63, 3.8) is 0 Å². The van der Waals surface area contributed by atoms with Gasteiger partial charge in [-0.1, -0.05) is 54.6 Å². The Hall–Kier alpha value is -5.59. The van der Waals surface area contributed by atoms with Crippen molar-refractivity contribution in [1.29, 1.82) is 0 Å². The van der Waals surface area contributed by atoms with Gasteiger partial charge in [-0.25, -0.2) is 4.98 Å². The minimum Gasteiger partial charge on any atom is -0.493 e. The topological polar surface area (TPSA) is 128 Å². The summed E-state index contributed by atoms with van der Waals surface area (Å²) in [5.41, 5.74) is 3.12. The summed E-state index contributed by atoms with van der Waals surface area (Å²) in [4.78, 5) is 45.2. The summed E-state index contributed by atoms with van der Waals surface area (Å²) in [5, 5.41) is 10.5. The second-order valence-corrected chi connectivity index (χ2v) is 12.7. The lowest BCUT2D eigenvalue weighted by atomic mass is 10.1. The first-order valence-corrected chi connectivity index (χ1v) is 16.8. The lowest BCUT2D eigenvalue weighted by Crippen LogP contribution is -2.30. The number of nitrogens with one attached hydrogen (secondary N) is 3. The third-order valence-electron chi connectivity index (χ3n) is 7.10. The number of carbonyl (C=O) groups excluding carboxylic acids is 3. The van der Waals surface area contributed by atoms with Crippen molar-refractivity contribution < 1.29 is 28.6 Å². The van der Waals surface area contributed by atoms with Crippen molar-refractivity contribution in [1.82, 2.24) is 10.3 Å². The van der Waals surface area contributed by atoms with E-state index in [0.717, 1.165) is 16.2 Å². The van der Waals surface area contributed by atoms with Crippen molar-refractivity contribution in [2.24, 2.45) is 0 Å². The molecule has 0 saturated heterocycles. The van der Waals surface area contributed by atoms with E-state index in [4.69, 9.17) is 14.2 Å². The molecule has 3 amide bonds. The molecule has 3 N–H and O–H groups in total. The Labute approximate surface area is 292 Å². The molecule has 0 aliphatic carbocycles. The maximum absolute atomic E-state index is 13.7. The number of benzene rings is 4. The molecule has 1 heterocycles. The summed E-state index contributed by atoms with van der Waals surface area (Å²) in [6.45, 7) is 1.80. The third-order valence-corrected chi connectivity index (χ3v) is 8.96. The summed E-state index contributed by atoms with van der Waals surface area (Å²) < 4.78 is 16.3. The van der Waals surface area contributed by atoms with Gasteiger partial charge in [0.25, 0.3) is 11.8 Å². The fourth-order valence-corrected chi connectivity index (χ4v) is 6.33. The molecule has 0 fully saturated rings. The Kier molecular flexibility index (Phi) is 11.7. The largest absolute Gasteiger partial charge is 0.493 e. The highest BCUT2D eigenvalue weighted by molar-refractivity contribution is 8.00. The Bertz CT molecular complexity index is 1940. The number of anilines is 2. The highest BCUT2D eigenvalue weighted by atomic mass is 32.2. The second kappa shape index (κ2) is 16.5. The first-order valence-electron chi connectivity index (χ1n) is 15.1. The highest BCUT2D eigenvalue weighted by Crippen LogP contribution is 2.39. The van der Waals surface area contributed by atoms with Crippen LogP contribution in [-0.4, -0.2) is 49.3 Å².